The minimum atomic E-state index is -0.0873. The molecule has 0 spiro atoms. The van der Waals surface area contributed by atoms with E-state index in [1.807, 2.05) is 42.5 Å². The molecule has 0 bridgehead atoms. The number of para-hydroxylation sites is 1. The average molecular weight is 318 g/mol. The third kappa shape index (κ3) is 3.87. The largest absolute Gasteiger partial charge is 0.492 e. The first-order valence-electron chi connectivity index (χ1n) is 7.35. The lowest BCUT2D eigenvalue weighted by Gasteiger charge is -2.24. The summed E-state index contributed by atoms with van der Waals surface area (Å²) in [6.45, 7) is 2.00. The number of rotatable bonds is 5. The van der Waals surface area contributed by atoms with Crippen molar-refractivity contribution in [3.8, 4) is 5.75 Å². The molecular formula is C18H20ClNO2. The van der Waals surface area contributed by atoms with Crippen molar-refractivity contribution in [2.45, 2.75) is 6.42 Å². The second-order valence-electron chi connectivity index (χ2n) is 5.31. The van der Waals surface area contributed by atoms with Crippen molar-refractivity contribution < 1.29 is 9.53 Å². The van der Waals surface area contributed by atoms with E-state index in [0.717, 1.165) is 13.0 Å². The first kappa shape index (κ1) is 16.5. The maximum atomic E-state index is 12.4. The van der Waals surface area contributed by atoms with Crippen LogP contribution in [0.15, 0.2) is 54.6 Å². The van der Waals surface area contributed by atoms with E-state index in [1.165, 1.54) is 5.56 Å². The standard InChI is InChI=1S/C18H19NO2.ClH/c20-18-15(13-21-17-9-5-4-8-16(17)18)12-19-11-10-14-6-2-1-3-7-14;/h1-9,15,19H,10-13H2;1H. The van der Waals surface area contributed by atoms with E-state index in [4.69, 9.17) is 4.74 Å². The maximum Gasteiger partial charge on any atom is 0.174 e. The highest BCUT2D eigenvalue weighted by molar-refractivity contribution is 6.01. The van der Waals surface area contributed by atoms with Gasteiger partial charge in [-0.05, 0) is 30.7 Å². The third-order valence-corrected chi connectivity index (χ3v) is 3.79. The number of ether oxygens (including phenoxy) is 1. The van der Waals surface area contributed by atoms with Gasteiger partial charge in [0.25, 0.3) is 0 Å². The number of carbonyl (C=O) groups is 1. The molecule has 0 amide bonds. The first-order valence-corrected chi connectivity index (χ1v) is 7.35. The molecule has 22 heavy (non-hydrogen) atoms. The van der Waals surface area contributed by atoms with Crippen LogP contribution in [0.3, 0.4) is 0 Å². The number of carbonyl (C=O) groups excluding carboxylic acids is 1. The maximum absolute atomic E-state index is 12.4. The zero-order chi connectivity index (χ0) is 14.5. The molecule has 0 aromatic heterocycles. The summed E-state index contributed by atoms with van der Waals surface area (Å²) < 4.78 is 5.66. The van der Waals surface area contributed by atoms with Gasteiger partial charge in [0.05, 0.1) is 18.1 Å². The number of benzene rings is 2. The lowest BCUT2D eigenvalue weighted by atomic mass is 9.95. The predicted molar refractivity (Wildman–Crippen MR) is 90.0 cm³/mol. The molecule has 1 aliphatic rings. The number of ketones is 1. The Labute approximate surface area is 137 Å². The molecule has 1 heterocycles. The zero-order valence-corrected chi connectivity index (χ0v) is 13.1. The molecule has 0 radical (unpaired) electrons. The van der Waals surface area contributed by atoms with E-state index in [2.05, 4.69) is 17.4 Å². The highest BCUT2D eigenvalue weighted by atomic mass is 35.5. The summed E-state index contributed by atoms with van der Waals surface area (Å²) in [4.78, 5) is 12.4. The topological polar surface area (TPSA) is 38.3 Å². The minimum Gasteiger partial charge on any atom is -0.492 e. The second kappa shape index (κ2) is 7.97. The van der Waals surface area contributed by atoms with Crippen molar-refractivity contribution in [3.63, 3.8) is 0 Å². The fourth-order valence-corrected chi connectivity index (χ4v) is 2.59. The second-order valence-corrected chi connectivity index (χ2v) is 5.31. The normalized spacial score (nSPS) is 16.4. The van der Waals surface area contributed by atoms with Crippen LogP contribution in [0, 0.1) is 5.92 Å². The summed E-state index contributed by atoms with van der Waals surface area (Å²) in [5, 5.41) is 3.36. The Morgan fingerprint density at radius 3 is 2.59 bits per heavy atom. The number of hydrogen-bond donors (Lipinski definition) is 1. The van der Waals surface area contributed by atoms with Crippen molar-refractivity contribution in [3.05, 3.63) is 65.7 Å². The van der Waals surface area contributed by atoms with E-state index in [-0.39, 0.29) is 24.1 Å². The number of hydrogen-bond acceptors (Lipinski definition) is 3. The number of Topliss-reactive ketones (excluding diaryl/α,β-unsaturated/α-hetero) is 1. The van der Waals surface area contributed by atoms with Gasteiger partial charge in [-0.3, -0.25) is 4.79 Å². The molecule has 1 aliphatic heterocycles. The molecule has 0 saturated heterocycles. The molecule has 0 saturated carbocycles. The fourth-order valence-electron chi connectivity index (χ4n) is 2.59. The van der Waals surface area contributed by atoms with Gasteiger partial charge in [0.15, 0.2) is 5.78 Å². The number of nitrogens with one attached hydrogen (secondary N) is 1. The van der Waals surface area contributed by atoms with Crippen molar-refractivity contribution in [1.82, 2.24) is 5.32 Å². The fraction of sp³-hybridized carbons (Fsp3) is 0.278. The smallest absolute Gasteiger partial charge is 0.174 e. The van der Waals surface area contributed by atoms with Gasteiger partial charge in [0, 0.05) is 6.54 Å². The van der Waals surface area contributed by atoms with Gasteiger partial charge in [0.2, 0.25) is 0 Å². The molecular weight excluding hydrogens is 298 g/mol. The van der Waals surface area contributed by atoms with Gasteiger partial charge in [-0.1, -0.05) is 42.5 Å². The Kier molecular flexibility index (Phi) is 5.99. The summed E-state index contributed by atoms with van der Waals surface area (Å²) in [5.74, 6) is 0.808. The van der Waals surface area contributed by atoms with Gasteiger partial charge in [-0.25, -0.2) is 0 Å². The Balaban J connectivity index is 0.00000176. The molecule has 0 aliphatic carbocycles. The van der Waals surface area contributed by atoms with Crippen LogP contribution < -0.4 is 10.1 Å². The molecule has 3 rings (SSSR count). The minimum absolute atomic E-state index is 0. The quantitative estimate of drug-likeness (QED) is 0.861. The van der Waals surface area contributed by atoms with Crippen LogP contribution in [0.2, 0.25) is 0 Å². The molecule has 2 aromatic carbocycles. The first-order chi connectivity index (χ1) is 10.3. The van der Waals surface area contributed by atoms with Crippen molar-refractivity contribution in [1.29, 1.82) is 0 Å². The molecule has 4 heteroatoms. The summed E-state index contributed by atoms with van der Waals surface area (Å²) in [5.41, 5.74) is 2.01. The Morgan fingerprint density at radius 1 is 1.05 bits per heavy atom. The SMILES string of the molecule is Cl.O=C1c2ccccc2OCC1CNCCc1ccccc1. The molecule has 116 valence electrons. The van der Waals surface area contributed by atoms with Crippen molar-refractivity contribution in [2.24, 2.45) is 5.92 Å². The summed E-state index contributed by atoms with van der Waals surface area (Å²) in [6, 6.07) is 17.8. The van der Waals surface area contributed by atoms with E-state index in [9.17, 15) is 4.79 Å². The Morgan fingerprint density at radius 2 is 1.77 bits per heavy atom. The van der Waals surface area contributed by atoms with Gasteiger partial charge >= 0.3 is 0 Å². The molecule has 1 atom stereocenters. The van der Waals surface area contributed by atoms with Gasteiger partial charge in [0.1, 0.15) is 5.75 Å². The number of fused-ring (bicyclic) bond motifs is 1. The van der Waals surface area contributed by atoms with E-state index in [1.54, 1.807) is 0 Å². The highest BCUT2D eigenvalue weighted by Crippen LogP contribution is 2.26. The third-order valence-electron chi connectivity index (χ3n) is 3.79. The zero-order valence-electron chi connectivity index (χ0n) is 12.3. The monoisotopic (exact) mass is 317 g/mol. The Bertz CT molecular complexity index is 615. The van der Waals surface area contributed by atoms with Crippen molar-refractivity contribution in [2.75, 3.05) is 19.7 Å². The average Bonchev–Trinajstić information content (AvgIpc) is 2.55. The van der Waals surface area contributed by atoms with Crippen LogP contribution in [0.5, 0.6) is 5.75 Å². The summed E-state index contributed by atoms with van der Waals surface area (Å²) in [6.07, 6.45) is 0.971. The van der Waals surface area contributed by atoms with Crippen LogP contribution in [-0.2, 0) is 6.42 Å². The van der Waals surface area contributed by atoms with Crippen LogP contribution in [-0.4, -0.2) is 25.5 Å². The van der Waals surface area contributed by atoms with E-state index >= 15 is 0 Å². The molecule has 0 fully saturated rings. The molecule has 2 aromatic rings. The van der Waals surface area contributed by atoms with E-state index < -0.39 is 0 Å². The molecule has 1 unspecified atom stereocenters. The van der Waals surface area contributed by atoms with E-state index in [0.29, 0.717) is 24.5 Å². The number of halogens is 1. The van der Waals surface area contributed by atoms with Gasteiger partial charge in [-0.15, -0.1) is 12.4 Å². The van der Waals surface area contributed by atoms with Crippen LogP contribution >= 0.6 is 12.4 Å². The van der Waals surface area contributed by atoms with Crippen molar-refractivity contribution >= 4 is 18.2 Å². The summed E-state index contributed by atoms with van der Waals surface area (Å²) in [7, 11) is 0. The van der Waals surface area contributed by atoms with Gasteiger partial charge < -0.3 is 10.1 Å². The Hall–Kier alpha value is -1.84. The lowest BCUT2D eigenvalue weighted by Crippen LogP contribution is -2.36. The highest BCUT2D eigenvalue weighted by Gasteiger charge is 2.27. The van der Waals surface area contributed by atoms with Gasteiger partial charge in [-0.2, -0.15) is 0 Å². The lowest BCUT2D eigenvalue weighted by molar-refractivity contribution is 0.0830. The predicted octanol–water partition coefficient (Wildman–Crippen LogP) is 3.13. The van der Waals surface area contributed by atoms with Crippen LogP contribution in [0.4, 0.5) is 0 Å². The van der Waals surface area contributed by atoms with Crippen LogP contribution in [0.25, 0.3) is 0 Å². The van der Waals surface area contributed by atoms with Crippen LogP contribution in [0.1, 0.15) is 15.9 Å². The summed E-state index contributed by atoms with van der Waals surface area (Å²) >= 11 is 0. The molecule has 3 nitrogen and oxygen atoms in total. The molecule has 1 N–H and O–H groups in total.